The van der Waals surface area contributed by atoms with Crippen LogP contribution in [0.2, 0.25) is 0 Å². The Morgan fingerprint density at radius 1 is 1.25 bits per heavy atom. The van der Waals surface area contributed by atoms with Crippen molar-refractivity contribution in [1.29, 1.82) is 0 Å². The first-order valence-electron chi connectivity index (χ1n) is 6.92. The molecular formula is C15H20N2O3. The summed E-state index contributed by atoms with van der Waals surface area (Å²) >= 11 is 0. The third kappa shape index (κ3) is 2.12. The Morgan fingerprint density at radius 3 is 2.60 bits per heavy atom. The normalized spacial score (nSPS) is 14.2. The molecule has 2 aromatic rings. The maximum Gasteiger partial charge on any atom is 0.231 e. The van der Waals surface area contributed by atoms with Crippen molar-refractivity contribution in [3.05, 3.63) is 18.0 Å². The number of rotatable bonds is 3. The standard InChI is InChI=1S/C15H20N2O3/c1-15(2,3)14-16-10-7-12-13(20-9-19-12)8-11(10)17(14)5-4-6-18/h7-8,18H,4-6,9H2,1-3H3. The molecule has 3 rings (SSSR count). The Hall–Kier alpha value is -1.75. The van der Waals surface area contributed by atoms with Crippen LogP contribution in [0.15, 0.2) is 12.1 Å². The molecule has 0 atom stereocenters. The second-order valence-electron chi connectivity index (χ2n) is 6.11. The number of benzene rings is 1. The van der Waals surface area contributed by atoms with Gasteiger partial charge in [0.1, 0.15) is 5.82 Å². The predicted octanol–water partition coefficient (Wildman–Crippen LogP) is 2.44. The van der Waals surface area contributed by atoms with Crippen molar-refractivity contribution in [3.63, 3.8) is 0 Å². The van der Waals surface area contributed by atoms with Crippen LogP contribution in [0.5, 0.6) is 11.5 Å². The van der Waals surface area contributed by atoms with Gasteiger partial charge in [-0.05, 0) is 6.42 Å². The molecule has 1 aliphatic rings. The zero-order valence-corrected chi connectivity index (χ0v) is 12.1. The van der Waals surface area contributed by atoms with E-state index in [1.807, 2.05) is 12.1 Å². The fraction of sp³-hybridized carbons (Fsp3) is 0.533. The van der Waals surface area contributed by atoms with Crippen LogP contribution in [0, 0.1) is 0 Å². The van der Waals surface area contributed by atoms with Gasteiger partial charge in [0.05, 0.1) is 11.0 Å². The third-order valence-corrected chi connectivity index (χ3v) is 3.45. The van der Waals surface area contributed by atoms with E-state index in [4.69, 9.17) is 19.6 Å². The Kier molecular flexibility index (Phi) is 3.09. The van der Waals surface area contributed by atoms with E-state index >= 15 is 0 Å². The van der Waals surface area contributed by atoms with E-state index in [0.29, 0.717) is 6.42 Å². The minimum absolute atomic E-state index is 0.0549. The largest absolute Gasteiger partial charge is 0.454 e. The van der Waals surface area contributed by atoms with Gasteiger partial charge in [-0.25, -0.2) is 4.98 Å². The van der Waals surface area contributed by atoms with E-state index in [-0.39, 0.29) is 18.8 Å². The molecule has 0 saturated heterocycles. The van der Waals surface area contributed by atoms with Gasteiger partial charge in [-0.15, -0.1) is 0 Å². The lowest BCUT2D eigenvalue weighted by molar-refractivity contribution is 0.174. The lowest BCUT2D eigenvalue weighted by Gasteiger charge is -2.20. The molecule has 0 radical (unpaired) electrons. The van der Waals surface area contributed by atoms with Crippen LogP contribution in [0.1, 0.15) is 33.0 Å². The monoisotopic (exact) mass is 276 g/mol. The molecule has 0 aliphatic carbocycles. The van der Waals surface area contributed by atoms with Crippen molar-refractivity contribution >= 4 is 11.0 Å². The van der Waals surface area contributed by atoms with Crippen LogP contribution in [0.3, 0.4) is 0 Å². The molecule has 0 bridgehead atoms. The SMILES string of the molecule is CC(C)(C)c1nc2cc3c(cc2n1CCCO)OCO3. The Morgan fingerprint density at radius 2 is 1.95 bits per heavy atom. The zero-order valence-electron chi connectivity index (χ0n) is 12.1. The summed E-state index contributed by atoms with van der Waals surface area (Å²) in [6, 6.07) is 3.92. The summed E-state index contributed by atoms with van der Waals surface area (Å²) in [5, 5.41) is 9.11. The lowest BCUT2D eigenvalue weighted by atomic mass is 9.95. The second-order valence-corrected chi connectivity index (χ2v) is 6.11. The first-order valence-corrected chi connectivity index (χ1v) is 6.92. The highest BCUT2D eigenvalue weighted by atomic mass is 16.7. The quantitative estimate of drug-likeness (QED) is 0.935. The van der Waals surface area contributed by atoms with E-state index in [9.17, 15) is 0 Å². The highest BCUT2D eigenvalue weighted by Crippen LogP contribution is 2.37. The molecule has 0 amide bonds. The van der Waals surface area contributed by atoms with Gasteiger partial charge in [0.25, 0.3) is 0 Å². The molecule has 0 fully saturated rings. The molecule has 108 valence electrons. The Labute approximate surface area is 118 Å². The number of nitrogens with zero attached hydrogens (tertiary/aromatic N) is 2. The summed E-state index contributed by atoms with van der Waals surface area (Å²) < 4.78 is 13.0. The van der Waals surface area contributed by atoms with Gasteiger partial charge in [-0.1, -0.05) is 20.8 Å². The van der Waals surface area contributed by atoms with Gasteiger partial charge in [0, 0.05) is 30.7 Å². The van der Waals surface area contributed by atoms with Crippen molar-refractivity contribution in [2.45, 2.75) is 39.2 Å². The number of ether oxygens (including phenoxy) is 2. The summed E-state index contributed by atoms with van der Waals surface area (Å²) in [6.45, 7) is 7.62. The van der Waals surface area contributed by atoms with Crippen molar-refractivity contribution in [3.8, 4) is 11.5 Å². The van der Waals surface area contributed by atoms with E-state index in [0.717, 1.165) is 34.9 Å². The lowest BCUT2D eigenvalue weighted by Crippen LogP contribution is -2.19. The van der Waals surface area contributed by atoms with E-state index in [1.54, 1.807) is 0 Å². The van der Waals surface area contributed by atoms with Crippen LogP contribution in [-0.2, 0) is 12.0 Å². The van der Waals surface area contributed by atoms with Gasteiger partial charge in [0.2, 0.25) is 6.79 Å². The average molecular weight is 276 g/mol. The summed E-state index contributed by atoms with van der Waals surface area (Å²) in [7, 11) is 0. The average Bonchev–Trinajstić information content (AvgIpc) is 2.96. The van der Waals surface area contributed by atoms with Crippen LogP contribution in [0.4, 0.5) is 0 Å². The third-order valence-electron chi connectivity index (χ3n) is 3.45. The molecule has 5 nitrogen and oxygen atoms in total. The minimum atomic E-state index is -0.0549. The van der Waals surface area contributed by atoms with Crippen molar-refractivity contribution in [1.82, 2.24) is 9.55 Å². The molecule has 1 aromatic heterocycles. The Bertz CT molecular complexity index is 641. The van der Waals surface area contributed by atoms with Crippen molar-refractivity contribution in [2.24, 2.45) is 0 Å². The number of hydrogen-bond donors (Lipinski definition) is 1. The summed E-state index contributed by atoms with van der Waals surface area (Å²) in [6.07, 6.45) is 0.711. The highest BCUT2D eigenvalue weighted by Gasteiger charge is 2.25. The van der Waals surface area contributed by atoms with Gasteiger partial charge >= 0.3 is 0 Å². The molecule has 20 heavy (non-hydrogen) atoms. The topological polar surface area (TPSA) is 56.5 Å². The Balaban J connectivity index is 2.18. The fourth-order valence-corrected chi connectivity index (χ4v) is 2.54. The molecule has 5 heteroatoms. The maximum atomic E-state index is 9.11. The number of aryl methyl sites for hydroxylation is 1. The van der Waals surface area contributed by atoms with Gasteiger partial charge in [-0.2, -0.15) is 0 Å². The predicted molar refractivity (Wildman–Crippen MR) is 76.3 cm³/mol. The first-order chi connectivity index (χ1) is 9.50. The molecule has 2 heterocycles. The van der Waals surface area contributed by atoms with Crippen LogP contribution >= 0.6 is 0 Å². The number of aromatic nitrogens is 2. The molecular weight excluding hydrogens is 256 g/mol. The van der Waals surface area contributed by atoms with Crippen LogP contribution in [0.25, 0.3) is 11.0 Å². The van der Waals surface area contributed by atoms with Crippen molar-refractivity contribution < 1.29 is 14.6 Å². The molecule has 0 spiro atoms. The molecule has 0 saturated carbocycles. The molecule has 1 aliphatic heterocycles. The zero-order chi connectivity index (χ0) is 14.3. The van der Waals surface area contributed by atoms with Crippen molar-refractivity contribution in [2.75, 3.05) is 13.4 Å². The minimum Gasteiger partial charge on any atom is -0.454 e. The summed E-state index contributed by atoms with van der Waals surface area (Å²) in [5.74, 6) is 2.54. The van der Waals surface area contributed by atoms with E-state index < -0.39 is 0 Å². The number of hydrogen-bond acceptors (Lipinski definition) is 4. The number of aliphatic hydroxyl groups is 1. The fourth-order valence-electron chi connectivity index (χ4n) is 2.54. The first kappa shape index (κ1) is 13.2. The molecule has 1 aromatic carbocycles. The summed E-state index contributed by atoms with van der Waals surface area (Å²) in [5.41, 5.74) is 1.89. The number of imidazole rings is 1. The van der Waals surface area contributed by atoms with Gasteiger partial charge < -0.3 is 19.1 Å². The number of fused-ring (bicyclic) bond motifs is 2. The van der Waals surface area contributed by atoms with E-state index in [1.165, 1.54) is 0 Å². The van der Waals surface area contributed by atoms with E-state index in [2.05, 4.69) is 25.3 Å². The highest BCUT2D eigenvalue weighted by molar-refractivity contribution is 5.81. The molecule has 0 unspecified atom stereocenters. The maximum absolute atomic E-state index is 9.11. The van der Waals surface area contributed by atoms with Crippen LogP contribution in [-0.4, -0.2) is 28.1 Å². The summed E-state index contributed by atoms with van der Waals surface area (Å²) in [4.78, 5) is 4.76. The second kappa shape index (κ2) is 4.66. The smallest absolute Gasteiger partial charge is 0.231 e. The van der Waals surface area contributed by atoms with Gasteiger partial charge in [-0.3, -0.25) is 0 Å². The van der Waals surface area contributed by atoms with Gasteiger partial charge in [0.15, 0.2) is 11.5 Å². The molecule has 1 N–H and O–H groups in total. The number of aliphatic hydroxyl groups excluding tert-OH is 1. The van der Waals surface area contributed by atoms with Crippen LogP contribution < -0.4 is 9.47 Å².